The quantitative estimate of drug-likeness (QED) is 0.613. The molecule has 1 fully saturated rings. The van der Waals surface area contributed by atoms with Crippen molar-refractivity contribution in [1.29, 1.82) is 0 Å². The lowest BCUT2D eigenvalue weighted by molar-refractivity contribution is 0.197. The normalized spacial score (nSPS) is 15.6. The predicted octanol–water partition coefficient (Wildman–Crippen LogP) is 5.14. The molecule has 2 heterocycles. The standard InChI is InChI=1S/C21H24N2OS.2ClH/c1-2-24-18-10-9-16-6-3-4-7-17(16)20(18)21(19-8-5-15-25-19)23-13-11-22-12-14-23;;/h3-10,15,21-22H,2,11-14H2,1H3;2*1H/t21-;;/m0../s1. The van der Waals surface area contributed by atoms with Gasteiger partial charge in [-0.3, -0.25) is 4.90 Å². The number of ether oxygens (including phenoxy) is 1. The van der Waals surface area contributed by atoms with Crippen LogP contribution in [0.25, 0.3) is 10.8 Å². The minimum atomic E-state index is 0. The number of fused-ring (bicyclic) bond motifs is 1. The van der Waals surface area contributed by atoms with Crippen LogP contribution in [-0.4, -0.2) is 37.7 Å². The molecule has 3 aromatic rings. The fourth-order valence-corrected chi connectivity index (χ4v) is 4.60. The molecule has 1 saturated heterocycles. The van der Waals surface area contributed by atoms with E-state index in [4.69, 9.17) is 4.74 Å². The van der Waals surface area contributed by atoms with E-state index >= 15 is 0 Å². The van der Waals surface area contributed by atoms with Gasteiger partial charge in [-0.2, -0.15) is 0 Å². The summed E-state index contributed by atoms with van der Waals surface area (Å²) in [4.78, 5) is 3.98. The molecule has 1 aromatic heterocycles. The molecule has 0 amide bonds. The second-order valence-corrected chi connectivity index (χ2v) is 7.31. The number of nitrogens with one attached hydrogen (secondary N) is 1. The summed E-state index contributed by atoms with van der Waals surface area (Å²) in [5.41, 5.74) is 1.31. The largest absolute Gasteiger partial charge is 0.493 e. The molecule has 0 saturated carbocycles. The van der Waals surface area contributed by atoms with Gasteiger partial charge in [0.25, 0.3) is 0 Å². The minimum absolute atomic E-state index is 0. The van der Waals surface area contributed by atoms with Crippen LogP contribution < -0.4 is 10.1 Å². The predicted molar refractivity (Wildman–Crippen MR) is 120 cm³/mol. The molecular formula is C21H26Cl2N2OS. The van der Waals surface area contributed by atoms with Crippen molar-refractivity contribution in [2.24, 2.45) is 0 Å². The maximum atomic E-state index is 6.08. The Labute approximate surface area is 177 Å². The number of hydrogen-bond acceptors (Lipinski definition) is 4. The maximum Gasteiger partial charge on any atom is 0.125 e. The monoisotopic (exact) mass is 424 g/mol. The molecule has 1 N–H and O–H groups in total. The van der Waals surface area contributed by atoms with Crippen molar-refractivity contribution in [3.63, 3.8) is 0 Å². The van der Waals surface area contributed by atoms with E-state index in [9.17, 15) is 0 Å². The highest BCUT2D eigenvalue weighted by Crippen LogP contribution is 2.41. The van der Waals surface area contributed by atoms with Crippen molar-refractivity contribution in [2.45, 2.75) is 13.0 Å². The molecule has 2 aromatic carbocycles. The molecule has 146 valence electrons. The van der Waals surface area contributed by atoms with Gasteiger partial charge in [-0.1, -0.05) is 36.4 Å². The minimum Gasteiger partial charge on any atom is -0.493 e. The van der Waals surface area contributed by atoms with Crippen molar-refractivity contribution in [3.05, 3.63) is 64.4 Å². The average molecular weight is 425 g/mol. The number of rotatable bonds is 5. The summed E-state index contributed by atoms with van der Waals surface area (Å²) < 4.78 is 6.08. The Kier molecular flexibility index (Phi) is 8.39. The lowest BCUT2D eigenvalue weighted by atomic mass is 9.95. The molecule has 0 bridgehead atoms. The Bertz CT molecular complexity index is 835. The number of piperazine rings is 1. The SMILES string of the molecule is CCOc1ccc2ccccc2c1[C@H](c1cccs1)N1CCNCC1.Cl.Cl. The molecule has 1 aliphatic rings. The van der Waals surface area contributed by atoms with E-state index in [1.807, 2.05) is 11.3 Å². The zero-order chi connectivity index (χ0) is 17.1. The van der Waals surface area contributed by atoms with Gasteiger partial charge in [0, 0.05) is 36.6 Å². The smallest absolute Gasteiger partial charge is 0.125 e. The second-order valence-electron chi connectivity index (χ2n) is 6.34. The number of nitrogens with zero attached hydrogens (tertiary/aromatic N) is 1. The summed E-state index contributed by atoms with van der Waals surface area (Å²) in [6.45, 7) is 6.93. The molecule has 0 spiro atoms. The van der Waals surface area contributed by atoms with Crippen LogP contribution in [0.3, 0.4) is 0 Å². The number of benzene rings is 2. The summed E-state index contributed by atoms with van der Waals surface area (Å²) in [6, 6.07) is 17.6. The highest BCUT2D eigenvalue weighted by Gasteiger charge is 2.29. The summed E-state index contributed by atoms with van der Waals surface area (Å²) in [6.07, 6.45) is 0. The Hall–Kier alpha value is -1.30. The van der Waals surface area contributed by atoms with Crippen molar-refractivity contribution in [2.75, 3.05) is 32.8 Å². The van der Waals surface area contributed by atoms with Gasteiger partial charge in [0.2, 0.25) is 0 Å². The van der Waals surface area contributed by atoms with Crippen LogP contribution in [0.15, 0.2) is 53.9 Å². The van der Waals surface area contributed by atoms with Gasteiger partial charge < -0.3 is 10.1 Å². The maximum absolute atomic E-state index is 6.08. The zero-order valence-electron chi connectivity index (χ0n) is 15.4. The summed E-state index contributed by atoms with van der Waals surface area (Å²) in [5, 5.41) is 8.22. The Morgan fingerprint density at radius 2 is 1.81 bits per heavy atom. The Balaban J connectivity index is 0.00000131. The fourth-order valence-electron chi connectivity index (χ4n) is 3.73. The van der Waals surface area contributed by atoms with Crippen molar-refractivity contribution < 1.29 is 4.74 Å². The van der Waals surface area contributed by atoms with Gasteiger partial charge in [0.1, 0.15) is 5.75 Å². The second kappa shape index (κ2) is 10.3. The molecular weight excluding hydrogens is 399 g/mol. The first kappa shape index (κ1) is 22.0. The van der Waals surface area contributed by atoms with E-state index in [2.05, 4.69) is 71.1 Å². The molecule has 27 heavy (non-hydrogen) atoms. The van der Waals surface area contributed by atoms with Gasteiger partial charge >= 0.3 is 0 Å². The summed E-state index contributed by atoms with van der Waals surface area (Å²) >= 11 is 1.84. The first-order chi connectivity index (χ1) is 12.4. The third-order valence-electron chi connectivity index (χ3n) is 4.83. The van der Waals surface area contributed by atoms with Gasteiger partial charge in [-0.15, -0.1) is 36.2 Å². The topological polar surface area (TPSA) is 24.5 Å². The third kappa shape index (κ3) is 4.58. The van der Waals surface area contributed by atoms with Crippen molar-refractivity contribution in [1.82, 2.24) is 10.2 Å². The van der Waals surface area contributed by atoms with Crippen LogP contribution in [0.5, 0.6) is 5.75 Å². The van der Waals surface area contributed by atoms with Crippen LogP contribution >= 0.6 is 36.2 Å². The van der Waals surface area contributed by atoms with E-state index in [1.54, 1.807) is 0 Å². The molecule has 0 unspecified atom stereocenters. The van der Waals surface area contributed by atoms with E-state index in [1.165, 1.54) is 21.2 Å². The number of hydrogen-bond donors (Lipinski definition) is 1. The molecule has 0 radical (unpaired) electrons. The zero-order valence-corrected chi connectivity index (χ0v) is 17.8. The lowest BCUT2D eigenvalue weighted by Crippen LogP contribution is -2.45. The Morgan fingerprint density at radius 3 is 2.52 bits per heavy atom. The molecule has 1 aliphatic heterocycles. The van der Waals surface area contributed by atoms with Gasteiger partial charge in [0.15, 0.2) is 0 Å². The number of halogens is 2. The highest BCUT2D eigenvalue weighted by molar-refractivity contribution is 7.10. The fraction of sp³-hybridized carbons (Fsp3) is 0.333. The molecule has 3 nitrogen and oxygen atoms in total. The van der Waals surface area contributed by atoms with Crippen molar-refractivity contribution >= 4 is 46.9 Å². The molecule has 0 aliphatic carbocycles. The van der Waals surface area contributed by atoms with Crippen LogP contribution in [0, 0.1) is 0 Å². The highest BCUT2D eigenvalue weighted by atomic mass is 35.5. The van der Waals surface area contributed by atoms with Crippen LogP contribution in [0.4, 0.5) is 0 Å². The average Bonchev–Trinajstić information content (AvgIpc) is 3.19. The molecule has 4 rings (SSSR count). The van der Waals surface area contributed by atoms with Gasteiger partial charge in [0.05, 0.1) is 12.6 Å². The van der Waals surface area contributed by atoms with Gasteiger partial charge in [-0.05, 0) is 35.2 Å². The summed E-state index contributed by atoms with van der Waals surface area (Å²) in [5.74, 6) is 1.01. The number of thiophene rings is 1. The third-order valence-corrected chi connectivity index (χ3v) is 5.76. The van der Waals surface area contributed by atoms with E-state index in [-0.39, 0.29) is 30.9 Å². The van der Waals surface area contributed by atoms with E-state index in [0.717, 1.165) is 31.9 Å². The molecule has 1 atom stereocenters. The van der Waals surface area contributed by atoms with E-state index in [0.29, 0.717) is 6.61 Å². The van der Waals surface area contributed by atoms with Gasteiger partial charge in [-0.25, -0.2) is 0 Å². The lowest BCUT2D eigenvalue weighted by Gasteiger charge is -2.36. The van der Waals surface area contributed by atoms with E-state index < -0.39 is 0 Å². The summed E-state index contributed by atoms with van der Waals surface area (Å²) in [7, 11) is 0. The van der Waals surface area contributed by atoms with Crippen LogP contribution in [-0.2, 0) is 0 Å². The first-order valence-corrected chi connectivity index (χ1v) is 9.89. The van der Waals surface area contributed by atoms with Crippen LogP contribution in [0.2, 0.25) is 0 Å². The van der Waals surface area contributed by atoms with Crippen molar-refractivity contribution in [3.8, 4) is 5.75 Å². The first-order valence-electron chi connectivity index (χ1n) is 9.01. The van der Waals surface area contributed by atoms with Crippen LogP contribution in [0.1, 0.15) is 23.4 Å². The Morgan fingerprint density at radius 1 is 1.04 bits per heavy atom. The molecule has 6 heteroatoms.